The molecule has 0 aliphatic carbocycles. The van der Waals surface area contributed by atoms with Gasteiger partial charge in [-0.2, -0.15) is 0 Å². The lowest BCUT2D eigenvalue weighted by molar-refractivity contribution is 0.156. The van der Waals surface area contributed by atoms with Crippen molar-refractivity contribution in [3.05, 3.63) is 28.2 Å². The highest BCUT2D eigenvalue weighted by Crippen LogP contribution is 2.24. The summed E-state index contributed by atoms with van der Waals surface area (Å²) in [6, 6.07) is 6.06. The Balaban J connectivity index is 2.88. The molecule has 2 nitrogen and oxygen atoms in total. The third-order valence-electron chi connectivity index (χ3n) is 2.57. The smallest absolute Gasteiger partial charge is 0.255 e. The molecule has 0 aliphatic rings. The van der Waals surface area contributed by atoms with Gasteiger partial charge >= 0.3 is 0 Å². The van der Waals surface area contributed by atoms with Crippen molar-refractivity contribution in [1.29, 1.82) is 0 Å². The summed E-state index contributed by atoms with van der Waals surface area (Å²) in [5, 5.41) is 3.30. The van der Waals surface area contributed by atoms with Crippen molar-refractivity contribution in [2.45, 2.75) is 32.9 Å². The first kappa shape index (κ1) is 15.4. The fraction of sp³-hybridized carbons (Fsp3) is 0.538. The first-order chi connectivity index (χ1) is 8.40. The topological polar surface area (TPSA) is 15.3 Å². The zero-order valence-electron chi connectivity index (χ0n) is 10.9. The lowest BCUT2D eigenvalue weighted by Gasteiger charge is -2.23. The zero-order chi connectivity index (χ0) is 13.7. The molecule has 0 bridgehead atoms. The molecule has 0 atom stereocenters. The first-order valence-electron chi connectivity index (χ1n) is 5.91. The van der Waals surface area contributed by atoms with E-state index < -0.39 is 6.43 Å². The Kier molecular flexibility index (Phi) is 6.02. The Hall–Kier alpha value is -0.680. The van der Waals surface area contributed by atoms with Gasteiger partial charge in [0.1, 0.15) is 0 Å². The van der Waals surface area contributed by atoms with Gasteiger partial charge in [-0.05, 0) is 23.8 Å². The van der Waals surface area contributed by atoms with E-state index in [9.17, 15) is 8.78 Å². The standard InChI is InChI=1S/C13H19BrF2N2/c1-9(2)17-7-10-6-11(14)4-5-12(10)18(3)8-13(15)16/h4-6,9,13,17H,7-8H2,1-3H3. The largest absolute Gasteiger partial charge is 0.369 e. The van der Waals surface area contributed by atoms with E-state index in [1.54, 1.807) is 11.9 Å². The average Bonchev–Trinajstić information content (AvgIpc) is 2.25. The lowest BCUT2D eigenvalue weighted by Crippen LogP contribution is -2.27. The van der Waals surface area contributed by atoms with Gasteiger partial charge < -0.3 is 10.2 Å². The van der Waals surface area contributed by atoms with E-state index in [1.807, 2.05) is 18.2 Å². The minimum atomic E-state index is -2.33. The quantitative estimate of drug-likeness (QED) is 0.860. The minimum Gasteiger partial charge on any atom is -0.369 e. The van der Waals surface area contributed by atoms with Crippen LogP contribution in [-0.2, 0) is 6.54 Å². The molecule has 0 spiro atoms. The van der Waals surface area contributed by atoms with Crippen LogP contribution in [0.2, 0.25) is 0 Å². The molecule has 0 saturated carbocycles. The number of hydrogen-bond donors (Lipinski definition) is 1. The second-order valence-corrected chi connectivity index (χ2v) is 5.50. The van der Waals surface area contributed by atoms with Crippen LogP contribution in [0, 0.1) is 0 Å². The molecule has 0 fully saturated rings. The molecule has 18 heavy (non-hydrogen) atoms. The van der Waals surface area contributed by atoms with Gasteiger partial charge in [0.2, 0.25) is 0 Å². The van der Waals surface area contributed by atoms with E-state index in [1.165, 1.54) is 0 Å². The Morgan fingerprint density at radius 1 is 1.33 bits per heavy atom. The minimum absolute atomic E-state index is 0.254. The van der Waals surface area contributed by atoms with Crippen LogP contribution in [0.25, 0.3) is 0 Å². The third-order valence-corrected chi connectivity index (χ3v) is 3.06. The summed E-state index contributed by atoms with van der Waals surface area (Å²) >= 11 is 3.41. The fourth-order valence-corrected chi connectivity index (χ4v) is 2.10. The predicted octanol–water partition coefficient (Wildman–Crippen LogP) is 3.65. The molecule has 0 aliphatic heterocycles. The molecular weight excluding hydrogens is 302 g/mol. The normalized spacial score (nSPS) is 11.3. The monoisotopic (exact) mass is 320 g/mol. The number of alkyl halides is 2. The third kappa shape index (κ3) is 4.90. The summed E-state index contributed by atoms with van der Waals surface area (Å²) in [6.07, 6.45) is -2.33. The van der Waals surface area contributed by atoms with Gasteiger partial charge in [0, 0.05) is 29.8 Å². The van der Waals surface area contributed by atoms with E-state index in [-0.39, 0.29) is 6.54 Å². The second kappa shape index (κ2) is 7.04. The van der Waals surface area contributed by atoms with Gasteiger partial charge in [0.25, 0.3) is 6.43 Å². The van der Waals surface area contributed by atoms with Crippen molar-refractivity contribution in [2.24, 2.45) is 0 Å². The van der Waals surface area contributed by atoms with Crippen LogP contribution in [0.5, 0.6) is 0 Å². The SMILES string of the molecule is CC(C)NCc1cc(Br)ccc1N(C)CC(F)F. The predicted molar refractivity (Wildman–Crippen MR) is 75.4 cm³/mol. The first-order valence-corrected chi connectivity index (χ1v) is 6.70. The maximum atomic E-state index is 12.4. The fourth-order valence-electron chi connectivity index (χ4n) is 1.69. The number of benzene rings is 1. The molecule has 0 unspecified atom stereocenters. The van der Waals surface area contributed by atoms with Crippen molar-refractivity contribution >= 4 is 21.6 Å². The number of nitrogens with one attached hydrogen (secondary N) is 1. The van der Waals surface area contributed by atoms with E-state index in [0.29, 0.717) is 12.6 Å². The van der Waals surface area contributed by atoms with Crippen LogP contribution in [0.1, 0.15) is 19.4 Å². The summed E-state index contributed by atoms with van der Waals surface area (Å²) in [4.78, 5) is 1.59. The van der Waals surface area contributed by atoms with Gasteiger partial charge in [0.15, 0.2) is 0 Å². The van der Waals surface area contributed by atoms with Crippen molar-refractivity contribution in [2.75, 3.05) is 18.5 Å². The van der Waals surface area contributed by atoms with Crippen molar-refractivity contribution in [3.63, 3.8) is 0 Å². The molecule has 1 N–H and O–H groups in total. The summed E-state index contributed by atoms with van der Waals surface area (Å²) in [5.74, 6) is 0. The number of hydrogen-bond acceptors (Lipinski definition) is 2. The molecule has 0 aromatic heterocycles. The Labute approximate surface area is 115 Å². The highest BCUT2D eigenvalue weighted by atomic mass is 79.9. The highest BCUT2D eigenvalue weighted by molar-refractivity contribution is 9.10. The van der Waals surface area contributed by atoms with Crippen molar-refractivity contribution in [1.82, 2.24) is 5.32 Å². The van der Waals surface area contributed by atoms with Gasteiger partial charge in [-0.25, -0.2) is 8.78 Å². The Bertz CT molecular complexity index is 383. The Morgan fingerprint density at radius 2 is 2.00 bits per heavy atom. The molecular formula is C13H19BrF2N2. The van der Waals surface area contributed by atoms with Crippen LogP contribution < -0.4 is 10.2 Å². The van der Waals surface area contributed by atoms with Gasteiger partial charge in [-0.3, -0.25) is 0 Å². The molecule has 1 aromatic carbocycles. The number of halogens is 3. The second-order valence-electron chi connectivity index (χ2n) is 4.58. The van der Waals surface area contributed by atoms with Gasteiger partial charge in [-0.1, -0.05) is 29.8 Å². The van der Waals surface area contributed by atoms with Gasteiger partial charge in [-0.15, -0.1) is 0 Å². The van der Waals surface area contributed by atoms with Crippen LogP contribution in [0.15, 0.2) is 22.7 Å². The number of nitrogens with zero attached hydrogens (tertiary/aromatic N) is 1. The van der Waals surface area contributed by atoms with E-state index in [0.717, 1.165) is 15.7 Å². The van der Waals surface area contributed by atoms with Crippen molar-refractivity contribution in [3.8, 4) is 0 Å². The maximum Gasteiger partial charge on any atom is 0.255 e. The molecule has 0 amide bonds. The molecule has 0 heterocycles. The Morgan fingerprint density at radius 3 is 2.56 bits per heavy atom. The van der Waals surface area contributed by atoms with Crippen molar-refractivity contribution < 1.29 is 8.78 Å². The molecule has 1 rings (SSSR count). The van der Waals surface area contributed by atoms with Gasteiger partial charge in [0.05, 0.1) is 6.54 Å². The average molecular weight is 321 g/mol. The molecule has 102 valence electrons. The van der Waals surface area contributed by atoms with Crippen LogP contribution in [0.4, 0.5) is 14.5 Å². The van der Waals surface area contributed by atoms with E-state index in [4.69, 9.17) is 0 Å². The van der Waals surface area contributed by atoms with E-state index >= 15 is 0 Å². The maximum absolute atomic E-state index is 12.4. The molecule has 0 saturated heterocycles. The summed E-state index contributed by atoms with van der Waals surface area (Å²) in [5.41, 5.74) is 1.85. The van der Waals surface area contributed by atoms with Crippen LogP contribution in [0.3, 0.4) is 0 Å². The highest BCUT2D eigenvalue weighted by Gasteiger charge is 2.12. The number of anilines is 1. The zero-order valence-corrected chi connectivity index (χ0v) is 12.5. The van der Waals surface area contributed by atoms with E-state index in [2.05, 4.69) is 35.1 Å². The summed E-state index contributed by atoms with van der Waals surface area (Å²) in [7, 11) is 1.69. The van der Waals surface area contributed by atoms with Crippen LogP contribution >= 0.6 is 15.9 Å². The number of rotatable bonds is 6. The summed E-state index contributed by atoms with van der Waals surface area (Å²) < 4.78 is 25.8. The lowest BCUT2D eigenvalue weighted by atomic mass is 10.1. The molecule has 1 aromatic rings. The molecule has 5 heteroatoms. The molecule has 0 radical (unpaired) electrons. The summed E-state index contributed by atoms with van der Waals surface area (Å²) in [6.45, 7) is 4.53. The van der Waals surface area contributed by atoms with Crippen LogP contribution in [-0.4, -0.2) is 26.1 Å².